The maximum atomic E-state index is 12.9. The molecule has 0 radical (unpaired) electrons. The number of rotatable bonds is 8. The third-order valence-electron chi connectivity index (χ3n) is 4.25. The van der Waals surface area contributed by atoms with E-state index in [4.69, 9.17) is 14.7 Å². The van der Waals surface area contributed by atoms with Gasteiger partial charge in [-0.05, 0) is 31.2 Å². The summed E-state index contributed by atoms with van der Waals surface area (Å²) in [5.41, 5.74) is 1.27. The van der Waals surface area contributed by atoms with E-state index in [1.165, 1.54) is 29.7 Å². The van der Waals surface area contributed by atoms with Gasteiger partial charge in [-0.2, -0.15) is 4.31 Å². The Hall–Kier alpha value is -1.80. The van der Waals surface area contributed by atoms with Crippen LogP contribution in [0.2, 0.25) is 0 Å². The lowest BCUT2D eigenvalue weighted by Gasteiger charge is -2.41. The minimum Gasteiger partial charge on any atom is -0.491 e. The van der Waals surface area contributed by atoms with E-state index in [2.05, 4.69) is 0 Å². The number of hydroxylamine groups is 1. The van der Waals surface area contributed by atoms with Crippen LogP contribution in [0.4, 0.5) is 0 Å². The third-order valence-corrected chi connectivity index (χ3v) is 6.12. The van der Waals surface area contributed by atoms with Crippen molar-refractivity contribution in [2.75, 3.05) is 26.4 Å². The molecule has 12 heteroatoms. The van der Waals surface area contributed by atoms with Gasteiger partial charge < -0.3 is 24.8 Å². The van der Waals surface area contributed by atoms with Crippen LogP contribution in [0.5, 0.6) is 5.75 Å². The van der Waals surface area contributed by atoms with Crippen molar-refractivity contribution >= 4 is 15.9 Å². The second-order valence-corrected chi connectivity index (χ2v) is 7.95. The summed E-state index contributed by atoms with van der Waals surface area (Å²) >= 11 is 0. The predicted molar refractivity (Wildman–Crippen MR) is 94.1 cm³/mol. The molecule has 1 saturated heterocycles. The van der Waals surface area contributed by atoms with Crippen molar-refractivity contribution in [2.45, 2.75) is 36.2 Å². The van der Waals surface area contributed by atoms with E-state index in [-0.39, 0.29) is 11.5 Å². The quantitative estimate of drug-likeness (QED) is 0.183. The number of amides is 1. The molecule has 0 saturated carbocycles. The molecule has 0 spiro atoms. The summed E-state index contributed by atoms with van der Waals surface area (Å²) in [4.78, 5) is 11.7. The van der Waals surface area contributed by atoms with Gasteiger partial charge >= 0.3 is 0 Å². The number of hydrogen-bond donors (Lipinski definition) is 5. The van der Waals surface area contributed by atoms with Gasteiger partial charge in [-0.3, -0.25) is 10.0 Å². The van der Waals surface area contributed by atoms with E-state index in [9.17, 15) is 28.5 Å². The van der Waals surface area contributed by atoms with Crippen LogP contribution in [0, 0.1) is 0 Å². The molecule has 1 aliphatic rings. The summed E-state index contributed by atoms with van der Waals surface area (Å²) in [6.07, 6.45) is -5.31. The number of carbonyl (C=O) groups is 1. The number of piperidine rings is 1. The van der Waals surface area contributed by atoms with Crippen LogP contribution < -0.4 is 10.2 Å². The topological polar surface area (TPSA) is 166 Å². The van der Waals surface area contributed by atoms with Crippen LogP contribution in [-0.2, 0) is 19.6 Å². The van der Waals surface area contributed by atoms with E-state index >= 15 is 0 Å². The molecule has 1 aliphatic heterocycles. The second kappa shape index (κ2) is 9.60. The Bertz CT molecular complexity index is 756. The molecule has 1 fully saturated rings. The first-order valence-electron chi connectivity index (χ1n) is 8.54. The zero-order valence-corrected chi connectivity index (χ0v) is 15.9. The van der Waals surface area contributed by atoms with Crippen LogP contribution in [0.25, 0.3) is 0 Å². The first-order valence-corrected chi connectivity index (χ1v) is 9.98. The number of benzene rings is 1. The van der Waals surface area contributed by atoms with Crippen molar-refractivity contribution in [3.05, 3.63) is 24.3 Å². The molecule has 4 atom stereocenters. The molecule has 5 N–H and O–H groups in total. The van der Waals surface area contributed by atoms with Crippen molar-refractivity contribution in [2.24, 2.45) is 0 Å². The molecule has 0 aliphatic carbocycles. The maximum Gasteiger partial charge on any atom is 0.264 e. The molecule has 28 heavy (non-hydrogen) atoms. The standard InChI is InChI=1S/C16H24N2O9S/c1-2-26-7-8-27-10-3-5-11(6-4-10)28(24,25)18-9-12(19)14(20)15(21)13(18)16(22)17-23/h3-6,12-15,19-21,23H,2,7-9H2,1H3,(H,17,22). The smallest absolute Gasteiger partial charge is 0.264 e. The zero-order chi connectivity index (χ0) is 20.9. The molecule has 4 unspecified atom stereocenters. The number of nitrogens with zero attached hydrogens (tertiary/aromatic N) is 1. The molecular formula is C16H24N2O9S. The van der Waals surface area contributed by atoms with E-state index in [0.717, 1.165) is 0 Å². The Labute approximate surface area is 162 Å². The summed E-state index contributed by atoms with van der Waals surface area (Å²) in [6.45, 7) is 2.40. The fourth-order valence-electron chi connectivity index (χ4n) is 2.80. The molecule has 11 nitrogen and oxygen atoms in total. The predicted octanol–water partition coefficient (Wildman–Crippen LogP) is -1.94. The van der Waals surface area contributed by atoms with Gasteiger partial charge in [0.25, 0.3) is 5.91 Å². The summed E-state index contributed by atoms with van der Waals surface area (Å²) in [7, 11) is -4.35. The van der Waals surface area contributed by atoms with Crippen LogP contribution >= 0.6 is 0 Å². The molecule has 158 valence electrons. The van der Waals surface area contributed by atoms with Crippen molar-refractivity contribution in [3.63, 3.8) is 0 Å². The van der Waals surface area contributed by atoms with Crippen molar-refractivity contribution in [3.8, 4) is 5.75 Å². The number of carbonyl (C=O) groups excluding carboxylic acids is 1. The summed E-state index contributed by atoms with van der Waals surface area (Å²) in [5.74, 6) is -0.838. The van der Waals surface area contributed by atoms with Gasteiger partial charge in [-0.15, -0.1) is 0 Å². The van der Waals surface area contributed by atoms with Gasteiger partial charge in [0.05, 0.1) is 17.6 Å². The molecule has 1 aromatic rings. The Kier molecular flexibility index (Phi) is 7.71. The van der Waals surface area contributed by atoms with Gasteiger partial charge in [0.1, 0.15) is 30.6 Å². The van der Waals surface area contributed by atoms with Crippen LogP contribution in [0.1, 0.15) is 6.92 Å². The first-order chi connectivity index (χ1) is 13.2. The largest absolute Gasteiger partial charge is 0.491 e. The number of nitrogens with one attached hydrogen (secondary N) is 1. The van der Waals surface area contributed by atoms with Crippen LogP contribution in [-0.4, -0.2) is 89.9 Å². The summed E-state index contributed by atoms with van der Waals surface area (Å²) < 4.78 is 36.9. The monoisotopic (exact) mass is 420 g/mol. The number of aliphatic hydroxyl groups is 3. The SMILES string of the molecule is CCOCCOc1ccc(S(=O)(=O)N2CC(O)C(O)C(O)C2C(=O)NO)cc1. The molecule has 0 bridgehead atoms. The zero-order valence-electron chi connectivity index (χ0n) is 15.1. The van der Waals surface area contributed by atoms with Gasteiger partial charge in [0.2, 0.25) is 10.0 Å². The fraction of sp³-hybridized carbons (Fsp3) is 0.562. The summed E-state index contributed by atoms with van der Waals surface area (Å²) in [5, 5.41) is 38.5. The van der Waals surface area contributed by atoms with Gasteiger partial charge in [-0.25, -0.2) is 13.9 Å². The van der Waals surface area contributed by atoms with Crippen molar-refractivity contribution in [1.29, 1.82) is 0 Å². The lowest BCUT2D eigenvalue weighted by atomic mass is 9.96. The number of sulfonamides is 1. The highest BCUT2D eigenvalue weighted by Gasteiger charge is 2.50. The summed E-state index contributed by atoms with van der Waals surface area (Å²) in [6, 6.07) is 3.47. The second-order valence-electron chi connectivity index (χ2n) is 6.06. The maximum absolute atomic E-state index is 12.9. The highest BCUT2D eigenvalue weighted by molar-refractivity contribution is 7.89. The number of hydrogen-bond acceptors (Lipinski definition) is 9. The first kappa shape index (κ1) is 22.5. The minimum atomic E-state index is -4.35. The fourth-order valence-corrected chi connectivity index (χ4v) is 4.42. The molecular weight excluding hydrogens is 396 g/mol. The Morgan fingerprint density at radius 2 is 1.82 bits per heavy atom. The molecule has 1 heterocycles. The highest BCUT2D eigenvalue weighted by Crippen LogP contribution is 2.27. The van der Waals surface area contributed by atoms with Gasteiger partial charge in [0.15, 0.2) is 0 Å². The third kappa shape index (κ3) is 4.78. The number of aliphatic hydroxyl groups excluding tert-OH is 3. The number of β-amino-alcohol motifs (C(OH)–C–C–N with tert-alkyl or cyclic N) is 1. The highest BCUT2D eigenvalue weighted by atomic mass is 32.2. The van der Waals surface area contributed by atoms with Crippen LogP contribution in [0.15, 0.2) is 29.2 Å². The Balaban J connectivity index is 2.24. The average molecular weight is 420 g/mol. The molecule has 1 aromatic carbocycles. The van der Waals surface area contributed by atoms with Crippen molar-refractivity contribution in [1.82, 2.24) is 9.79 Å². The van der Waals surface area contributed by atoms with Gasteiger partial charge in [0, 0.05) is 13.2 Å². The van der Waals surface area contributed by atoms with E-state index in [1.54, 1.807) is 0 Å². The van der Waals surface area contributed by atoms with Crippen molar-refractivity contribution < 1.29 is 43.2 Å². The van der Waals surface area contributed by atoms with E-state index in [1.807, 2.05) is 6.92 Å². The Morgan fingerprint density at radius 1 is 1.18 bits per heavy atom. The Morgan fingerprint density at radius 3 is 2.39 bits per heavy atom. The van der Waals surface area contributed by atoms with E-state index < -0.39 is 46.8 Å². The van der Waals surface area contributed by atoms with Crippen LogP contribution in [0.3, 0.4) is 0 Å². The average Bonchev–Trinajstić information content (AvgIpc) is 2.69. The number of ether oxygens (including phenoxy) is 2. The van der Waals surface area contributed by atoms with E-state index in [0.29, 0.717) is 23.3 Å². The lowest BCUT2D eigenvalue weighted by Crippen LogP contribution is -2.66. The molecule has 1 amide bonds. The van der Waals surface area contributed by atoms with Gasteiger partial charge in [-0.1, -0.05) is 0 Å². The molecule has 0 aromatic heterocycles. The minimum absolute atomic E-state index is 0.226. The molecule has 2 rings (SSSR count). The normalized spacial score (nSPS) is 26.0. The lowest BCUT2D eigenvalue weighted by molar-refractivity contribution is -0.154.